The molecule has 0 amide bonds. The first-order valence-electron chi connectivity index (χ1n) is 7.49. The lowest BCUT2D eigenvalue weighted by molar-refractivity contribution is -0.136. The van der Waals surface area contributed by atoms with Gasteiger partial charge in [0.25, 0.3) is 5.56 Å². The lowest BCUT2D eigenvalue weighted by atomic mass is 10.3. The molecule has 0 bridgehead atoms. The Morgan fingerprint density at radius 3 is 2.65 bits per heavy atom. The van der Waals surface area contributed by atoms with Crippen molar-refractivity contribution in [3.8, 4) is 0 Å². The average molecular weight is 340 g/mol. The molecule has 2 N–H and O–H groups in total. The van der Waals surface area contributed by atoms with E-state index in [1.54, 1.807) is 11.5 Å². The number of rotatable bonds is 7. The Bertz CT molecular complexity index is 836. The van der Waals surface area contributed by atoms with E-state index in [4.69, 9.17) is 0 Å². The van der Waals surface area contributed by atoms with Crippen LogP contribution in [0.4, 0.5) is 0 Å². The summed E-state index contributed by atoms with van der Waals surface area (Å²) in [5, 5.41) is 9.05. The molecule has 0 aliphatic rings. The van der Waals surface area contributed by atoms with Gasteiger partial charge < -0.3 is 9.67 Å². The van der Waals surface area contributed by atoms with Gasteiger partial charge in [0.1, 0.15) is 5.25 Å². The molecule has 1 atom stereocenters. The van der Waals surface area contributed by atoms with Gasteiger partial charge in [0.2, 0.25) is 0 Å². The summed E-state index contributed by atoms with van der Waals surface area (Å²) >= 11 is 1.11. The van der Waals surface area contributed by atoms with Crippen LogP contribution in [0.2, 0.25) is 0 Å². The summed E-state index contributed by atoms with van der Waals surface area (Å²) in [6.45, 7) is 4.36. The number of aryl methyl sites for hydroxylation is 2. The Labute approximate surface area is 136 Å². The fourth-order valence-corrected chi connectivity index (χ4v) is 3.23. The fraction of sp³-hybridized carbons (Fsp3) is 0.571. The number of hydrogen-bond acceptors (Lipinski definition) is 5. The van der Waals surface area contributed by atoms with E-state index < -0.39 is 22.5 Å². The number of carboxylic acids is 1. The smallest absolute Gasteiger partial charge is 0.329 e. The maximum atomic E-state index is 12.2. The van der Waals surface area contributed by atoms with Crippen LogP contribution in [-0.2, 0) is 18.4 Å². The minimum atomic E-state index is -0.922. The largest absolute Gasteiger partial charge is 0.480 e. The first-order valence-corrected chi connectivity index (χ1v) is 8.37. The molecule has 23 heavy (non-hydrogen) atoms. The van der Waals surface area contributed by atoms with E-state index in [1.165, 1.54) is 11.6 Å². The quantitative estimate of drug-likeness (QED) is 0.732. The minimum absolute atomic E-state index is 0.276. The van der Waals surface area contributed by atoms with Crippen molar-refractivity contribution in [1.82, 2.24) is 19.1 Å². The molecule has 0 saturated carbocycles. The van der Waals surface area contributed by atoms with Crippen LogP contribution in [0.25, 0.3) is 11.2 Å². The third kappa shape index (κ3) is 3.34. The summed E-state index contributed by atoms with van der Waals surface area (Å²) in [5.41, 5.74) is -0.452. The van der Waals surface area contributed by atoms with Gasteiger partial charge in [-0.05, 0) is 12.8 Å². The number of carbonyl (C=O) groups is 1. The molecular formula is C14H20N4O4S. The summed E-state index contributed by atoms with van der Waals surface area (Å²) in [6, 6.07) is 0. The highest BCUT2D eigenvalue weighted by Crippen LogP contribution is 2.27. The van der Waals surface area contributed by atoms with Crippen LogP contribution in [0.1, 0.15) is 33.1 Å². The molecule has 2 aromatic rings. The summed E-state index contributed by atoms with van der Waals surface area (Å²) in [6.07, 6.45) is 2.18. The SMILES string of the molecule is CCCCn1c(SC(CC)C(=O)O)nc2c1c(=O)[nH]c(=O)n2C. The molecule has 9 heteroatoms. The van der Waals surface area contributed by atoms with Gasteiger partial charge >= 0.3 is 11.7 Å². The molecule has 0 saturated heterocycles. The van der Waals surface area contributed by atoms with Gasteiger partial charge in [0.05, 0.1) is 0 Å². The van der Waals surface area contributed by atoms with Gasteiger partial charge in [-0.25, -0.2) is 9.78 Å². The van der Waals surface area contributed by atoms with Crippen molar-refractivity contribution in [2.24, 2.45) is 7.05 Å². The summed E-state index contributed by atoms with van der Waals surface area (Å²) in [4.78, 5) is 41.8. The number of nitrogens with one attached hydrogen (secondary N) is 1. The van der Waals surface area contributed by atoms with Crippen molar-refractivity contribution >= 4 is 28.9 Å². The van der Waals surface area contributed by atoms with Gasteiger partial charge in [0, 0.05) is 13.6 Å². The molecule has 0 aliphatic heterocycles. The third-order valence-electron chi connectivity index (χ3n) is 3.60. The Kier molecular flexibility index (Phi) is 5.30. The zero-order valence-corrected chi connectivity index (χ0v) is 14.1. The van der Waals surface area contributed by atoms with Crippen LogP contribution in [-0.4, -0.2) is 35.4 Å². The van der Waals surface area contributed by atoms with E-state index in [-0.39, 0.29) is 5.65 Å². The van der Waals surface area contributed by atoms with Crippen molar-refractivity contribution < 1.29 is 9.90 Å². The van der Waals surface area contributed by atoms with Crippen LogP contribution in [0.15, 0.2) is 14.7 Å². The van der Waals surface area contributed by atoms with Crippen molar-refractivity contribution in [2.75, 3.05) is 0 Å². The molecule has 2 heterocycles. The van der Waals surface area contributed by atoms with Gasteiger partial charge in [-0.2, -0.15) is 0 Å². The highest BCUT2D eigenvalue weighted by molar-refractivity contribution is 8.00. The second-order valence-corrected chi connectivity index (χ2v) is 6.41. The predicted molar refractivity (Wildman–Crippen MR) is 88.1 cm³/mol. The number of fused-ring (bicyclic) bond motifs is 1. The van der Waals surface area contributed by atoms with Crippen molar-refractivity contribution in [3.63, 3.8) is 0 Å². The predicted octanol–water partition coefficient (Wildman–Crippen LogP) is 1.18. The van der Waals surface area contributed by atoms with Crippen molar-refractivity contribution in [3.05, 3.63) is 20.8 Å². The summed E-state index contributed by atoms with van der Waals surface area (Å²) in [7, 11) is 1.53. The fourth-order valence-electron chi connectivity index (χ4n) is 2.26. The monoisotopic (exact) mass is 340 g/mol. The van der Waals surface area contributed by atoms with Gasteiger partial charge in [-0.3, -0.25) is 19.1 Å². The molecule has 0 aromatic carbocycles. The van der Waals surface area contributed by atoms with Gasteiger partial charge in [-0.1, -0.05) is 32.0 Å². The number of aliphatic carboxylic acids is 1. The van der Waals surface area contributed by atoms with E-state index in [9.17, 15) is 19.5 Å². The molecule has 2 aromatic heterocycles. The summed E-state index contributed by atoms with van der Waals surface area (Å²) < 4.78 is 2.98. The molecule has 0 radical (unpaired) electrons. The second kappa shape index (κ2) is 7.03. The van der Waals surface area contributed by atoms with Crippen LogP contribution in [0.3, 0.4) is 0 Å². The lowest BCUT2D eigenvalue weighted by Gasteiger charge is -2.11. The second-order valence-electron chi connectivity index (χ2n) is 5.24. The van der Waals surface area contributed by atoms with E-state index in [0.29, 0.717) is 23.6 Å². The molecule has 2 rings (SSSR count). The number of H-pyrrole nitrogens is 1. The first-order chi connectivity index (χ1) is 10.9. The number of unbranched alkanes of at least 4 members (excludes halogenated alkanes) is 1. The van der Waals surface area contributed by atoms with Gasteiger partial charge in [-0.15, -0.1) is 0 Å². The highest BCUT2D eigenvalue weighted by atomic mass is 32.2. The van der Waals surface area contributed by atoms with Crippen LogP contribution in [0, 0.1) is 0 Å². The first kappa shape index (κ1) is 17.3. The Morgan fingerprint density at radius 2 is 2.09 bits per heavy atom. The average Bonchev–Trinajstić information content (AvgIpc) is 2.86. The van der Waals surface area contributed by atoms with Crippen molar-refractivity contribution in [2.45, 2.75) is 50.1 Å². The Morgan fingerprint density at radius 1 is 1.39 bits per heavy atom. The van der Waals surface area contributed by atoms with E-state index in [2.05, 4.69) is 9.97 Å². The van der Waals surface area contributed by atoms with Crippen LogP contribution in [0.5, 0.6) is 0 Å². The summed E-state index contributed by atoms with van der Waals surface area (Å²) in [5.74, 6) is -0.922. The number of aromatic amines is 1. The standard InChI is InChI=1S/C14H20N4O4S/c1-4-6-7-18-9-10(17(3)13(22)16-11(9)19)15-14(18)23-8(5-2)12(20)21/h8H,4-7H2,1-3H3,(H,20,21)(H,16,19,22). The number of carboxylic acid groups (broad SMARTS) is 1. The number of imidazole rings is 1. The Balaban J connectivity index is 2.65. The van der Waals surface area contributed by atoms with E-state index in [1.807, 2.05) is 6.92 Å². The normalized spacial score (nSPS) is 12.7. The van der Waals surface area contributed by atoms with Crippen molar-refractivity contribution in [1.29, 1.82) is 0 Å². The third-order valence-corrected chi connectivity index (χ3v) is 4.94. The zero-order valence-electron chi connectivity index (χ0n) is 13.3. The highest BCUT2D eigenvalue weighted by Gasteiger charge is 2.23. The molecule has 8 nitrogen and oxygen atoms in total. The number of nitrogens with zero attached hydrogens (tertiary/aromatic N) is 3. The molecule has 1 unspecified atom stereocenters. The zero-order chi connectivity index (χ0) is 17.1. The van der Waals surface area contributed by atoms with E-state index in [0.717, 1.165) is 24.6 Å². The molecule has 0 aliphatic carbocycles. The number of thioether (sulfide) groups is 1. The van der Waals surface area contributed by atoms with Crippen LogP contribution < -0.4 is 11.2 Å². The van der Waals surface area contributed by atoms with E-state index >= 15 is 0 Å². The van der Waals surface area contributed by atoms with Crippen LogP contribution >= 0.6 is 11.8 Å². The lowest BCUT2D eigenvalue weighted by Crippen LogP contribution is -2.29. The maximum absolute atomic E-state index is 12.2. The maximum Gasteiger partial charge on any atom is 0.329 e. The molecule has 0 spiro atoms. The minimum Gasteiger partial charge on any atom is -0.480 e. The molecule has 0 fully saturated rings. The number of aromatic nitrogens is 4. The Hall–Kier alpha value is -2.03. The van der Waals surface area contributed by atoms with Gasteiger partial charge in [0.15, 0.2) is 16.3 Å². The molecular weight excluding hydrogens is 320 g/mol. The number of hydrogen-bond donors (Lipinski definition) is 2. The molecule has 126 valence electrons. The topological polar surface area (TPSA) is 110 Å².